The minimum atomic E-state index is -0.366. The average molecular weight is 245 g/mol. The molecule has 0 fully saturated rings. The van der Waals surface area contributed by atoms with Gasteiger partial charge in [-0.3, -0.25) is 0 Å². The van der Waals surface area contributed by atoms with E-state index >= 15 is 0 Å². The molecule has 2 N–H and O–H groups in total. The first-order valence-corrected chi connectivity index (χ1v) is 4.93. The van der Waals surface area contributed by atoms with Crippen molar-refractivity contribution in [3.05, 3.63) is 22.3 Å². The van der Waals surface area contributed by atoms with Crippen LogP contribution in [0.15, 0.2) is 16.7 Å². The lowest BCUT2D eigenvalue weighted by Crippen LogP contribution is -2.16. The average Bonchev–Trinajstić information content (AvgIpc) is 2.07. The van der Waals surface area contributed by atoms with Crippen molar-refractivity contribution in [2.75, 3.05) is 11.9 Å². The molecule has 1 rings (SSSR count). The molecule has 0 aliphatic carbocycles. The topological polar surface area (TPSA) is 45.2 Å². The van der Waals surface area contributed by atoms with Crippen LogP contribution in [0, 0.1) is 6.92 Å². The Morgan fingerprint density at radius 3 is 3.00 bits per heavy atom. The van der Waals surface area contributed by atoms with Crippen molar-refractivity contribution in [2.24, 2.45) is 0 Å². The number of aryl methyl sites for hydroxylation is 1. The van der Waals surface area contributed by atoms with E-state index in [0.29, 0.717) is 6.54 Å². The van der Waals surface area contributed by atoms with E-state index in [0.717, 1.165) is 15.9 Å². The summed E-state index contributed by atoms with van der Waals surface area (Å²) in [4.78, 5) is 4.14. The van der Waals surface area contributed by atoms with E-state index in [4.69, 9.17) is 5.11 Å². The lowest BCUT2D eigenvalue weighted by atomic mass is 10.3. The van der Waals surface area contributed by atoms with E-state index in [9.17, 15) is 0 Å². The van der Waals surface area contributed by atoms with E-state index in [1.807, 2.05) is 13.0 Å². The molecule has 0 amide bonds. The number of rotatable bonds is 3. The summed E-state index contributed by atoms with van der Waals surface area (Å²) in [6.07, 6.45) is 1.37. The minimum Gasteiger partial charge on any atom is -0.392 e. The summed E-state index contributed by atoms with van der Waals surface area (Å²) < 4.78 is 0.954. The maximum atomic E-state index is 9.07. The summed E-state index contributed by atoms with van der Waals surface area (Å²) in [5.41, 5.74) is 1.13. The van der Waals surface area contributed by atoms with Crippen molar-refractivity contribution in [2.45, 2.75) is 20.0 Å². The maximum Gasteiger partial charge on any atom is 0.140 e. The van der Waals surface area contributed by atoms with Crippen molar-refractivity contribution >= 4 is 21.7 Å². The zero-order chi connectivity index (χ0) is 9.84. The van der Waals surface area contributed by atoms with E-state index in [2.05, 4.69) is 26.2 Å². The molecule has 1 atom stereocenters. The molecule has 0 aromatic carbocycles. The van der Waals surface area contributed by atoms with E-state index < -0.39 is 0 Å². The van der Waals surface area contributed by atoms with Crippen LogP contribution in [0.4, 0.5) is 5.82 Å². The molecular weight excluding hydrogens is 232 g/mol. The van der Waals surface area contributed by atoms with Crippen LogP contribution in [-0.4, -0.2) is 22.7 Å². The number of nitrogens with zero attached hydrogens (tertiary/aromatic N) is 1. The third kappa shape index (κ3) is 2.97. The van der Waals surface area contributed by atoms with Gasteiger partial charge in [-0.15, -0.1) is 0 Å². The van der Waals surface area contributed by atoms with Crippen molar-refractivity contribution in [1.82, 2.24) is 4.98 Å². The lowest BCUT2D eigenvalue weighted by molar-refractivity contribution is 0.208. The van der Waals surface area contributed by atoms with Crippen LogP contribution in [0.25, 0.3) is 0 Å². The largest absolute Gasteiger partial charge is 0.392 e. The maximum absolute atomic E-state index is 9.07. The van der Waals surface area contributed by atoms with Crippen LogP contribution in [-0.2, 0) is 0 Å². The third-order valence-corrected chi connectivity index (χ3v) is 2.65. The Morgan fingerprint density at radius 1 is 1.69 bits per heavy atom. The van der Waals surface area contributed by atoms with Gasteiger partial charge >= 0.3 is 0 Å². The Morgan fingerprint density at radius 2 is 2.38 bits per heavy atom. The highest BCUT2D eigenvalue weighted by atomic mass is 79.9. The number of anilines is 1. The first kappa shape index (κ1) is 10.5. The van der Waals surface area contributed by atoms with Gasteiger partial charge in [0.25, 0.3) is 0 Å². The molecule has 3 nitrogen and oxygen atoms in total. The van der Waals surface area contributed by atoms with Gasteiger partial charge in [0, 0.05) is 12.7 Å². The second-order valence-corrected chi connectivity index (χ2v) is 3.81. The number of halogens is 1. The van der Waals surface area contributed by atoms with Crippen molar-refractivity contribution in [3.63, 3.8) is 0 Å². The standard InChI is InChI=1S/C9H13BrN2O/c1-6-3-4-11-9(8(6)10)12-5-7(2)13/h3-4,7,13H,5H2,1-2H3,(H,11,12)/t7-/m0/s1. The van der Waals surface area contributed by atoms with Gasteiger partial charge in [-0.2, -0.15) is 0 Å². The number of aliphatic hydroxyl groups is 1. The third-order valence-electron chi connectivity index (χ3n) is 1.65. The van der Waals surface area contributed by atoms with E-state index in [1.165, 1.54) is 0 Å². The quantitative estimate of drug-likeness (QED) is 0.855. The van der Waals surface area contributed by atoms with Gasteiger partial charge in [-0.25, -0.2) is 4.98 Å². The van der Waals surface area contributed by atoms with Crippen LogP contribution < -0.4 is 5.32 Å². The molecule has 1 aromatic rings. The number of hydrogen-bond acceptors (Lipinski definition) is 3. The smallest absolute Gasteiger partial charge is 0.140 e. The van der Waals surface area contributed by atoms with Crippen LogP contribution in [0.3, 0.4) is 0 Å². The predicted molar refractivity (Wildman–Crippen MR) is 56.8 cm³/mol. The fraction of sp³-hybridized carbons (Fsp3) is 0.444. The fourth-order valence-electron chi connectivity index (χ4n) is 0.908. The van der Waals surface area contributed by atoms with Crippen LogP contribution in [0.1, 0.15) is 12.5 Å². The molecule has 0 aliphatic heterocycles. The molecule has 0 bridgehead atoms. The summed E-state index contributed by atoms with van der Waals surface area (Å²) in [6.45, 7) is 4.24. The molecule has 4 heteroatoms. The fourth-order valence-corrected chi connectivity index (χ4v) is 1.28. The molecule has 72 valence electrons. The summed E-state index contributed by atoms with van der Waals surface area (Å²) in [7, 11) is 0. The Hall–Kier alpha value is -0.610. The first-order valence-electron chi connectivity index (χ1n) is 4.14. The molecule has 1 heterocycles. The normalized spacial score (nSPS) is 12.6. The van der Waals surface area contributed by atoms with Crippen molar-refractivity contribution in [1.29, 1.82) is 0 Å². The highest BCUT2D eigenvalue weighted by Crippen LogP contribution is 2.22. The van der Waals surface area contributed by atoms with Gasteiger partial charge in [0.05, 0.1) is 10.6 Å². The molecule has 0 saturated heterocycles. The highest BCUT2D eigenvalue weighted by Gasteiger charge is 2.03. The summed E-state index contributed by atoms with van der Waals surface area (Å²) in [6, 6.07) is 1.93. The van der Waals surface area contributed by atoms with Gasteiger partial charge in [0.1, 0.15) is 5.82 Å². The number of pyridine rings is 1. The van der Waals surface area contributed by atoms with Gasteiger partial charge in [0.2, 0.25) is 0 Å². The molecular formula is C9H13BrN2O. The van der Waals surface area contributed by atoms with Crippen LogP contribution in [0.5, 0.6) is 0 Å². The Balaban J connectivity index is 2.71. The minimum absolute atomic E-state index is 0.366. The van der Waals surface area contributed by atoms with Crippen LogP contribution >= 0.6 is 15.9 Å². The number of nitrogens with one attached hydrogen (secondary N) is 1. The molecule has 0 radical (unpaired) electrons. The number of aromatic nitrogens is 1. The second-order valence-electron chi connectivity index (χ2n) is 3.02. The highest BCUT2D eigenvalue weighted by molar-refractivity contribution is 9.10. The molecule has 0 unspecified atom stereocenters. The number of aliphatic hydroxyl groups excluding tert-OH is 1. The van der Waals surface area contributed by atoms with Crippen LogP contribution in [0.2, 0.25) is 0 Å². The Bertz CT molecular complexity index is 289. The summed E-state index contributed by atoms with van der Waals surface area (Å²) >= 11 is 3.42. The monoisotopic (exact) mass is 244 g/mol. The number of hydrogen-bond donors (Lipinski definition) is 2. The lowest BCUT2D eigenvalue weighted by Gasteiger charge is -2.10. The SMILES string of the molecule is Cc1ccnc(NC[C@H](C)O)c1Br. The predicted octanol–water partition coefficient (Wildman–Crippen LogP) is 1.95. The molecule has 0 aliphatic rings. The van der Waals surface area contributed by atoms with Gasteiger partial charge < -0.3 is 10.4 Å². The molecule has 0 spiro atoms. The second kappa shape index (κ2) is 4.58. The summed E-state index contributed by atoms with van der Waals surface area (Å²) in [5.74, 6) is 0.779. The first-order chi connectivity index (χ1) is 6.11. The van der Waals surface area contributed by atoms with Gasteiger partial charge in [-0.1, -0.05) is 0 Å². The zero-order valence-electron chi connectivity index (χ0n) is 7.71. The van der Waals surface area contributed by atoms with E-state index in [1.54, 1.807) is 13.1 Å². The van der Waals surface area contributed by atoms with Crippen molar-refractivity contribution < 1.29 is 5.11 Å². The van der Waals surface area contributed by atoms with Gasteiger partial charge in [0.15, 0.2) is 0 Å². The molecule has 13 heavy (non-hydrogen) atoms. The Kier molecular flexibility index (Phi) is 3.69. The summed E-state index contributed by atoms with van der Waals surface area (Å²) in [5, 5.41) is 12.1. The molecule has 1 aromatic heterocycles. The molecule has 0 saturated carbocycles. The zero-order valence-corrected chi connectivity index (χ0v) is 9.30. The van der Waals surface area contributed by atoms with Gasteiger partial charge in [-0.05, 0) is 41.4 Å². The van der Waals surface area contributed by atoms with E-state index in [-0.39, 0.29) is 6.10 Å². The Labute approximate surface area is 86.3 Å². The van der Waals surface area contributed by atoms with Crippen molar-refractivity contribution in [3.8, 4) is 0 Å².